The van der Waals surface area contributed by atoms with Crippen molar-refractivity contribution in [2.75, 3.05) is 65.7 Å². The monoisotopic (exact) mass is 670 g/mol. The average molecular weight is 671 g/mol. The van der Waals surface area contributed by atoms with Gasteiger partial charge in [0.2, 0.25) is 0 Å². The number of carboxylic acids is 1. The Hall–Kier alpha value is -2.41. The number of thiophene rings is 2. The van der Waals surface area contributed by atoms with Crippen LogP contribution in [0, 0.1) is 0 Å². The number of carboxylic acid groups (broad SMARTS) is 1. The van der Waals surface area contributed by atoms with Crippen LogP contribution in [0.5, 0.6) is 0 Å². The predicted octanol–water partition coefficient (Wildman–Crippen LogP) is 5.93. The van der Waals surface area contributed by atoms with Crippen molar-refractivity contribution in [2.45, 2.75) is 57.7 Å². The average Bonchev–Trinajstić information content (AvgIpc) is 3.68. The zero-order chi connectivity index (χ0) is 32.6. The van der Waals surface area contributed by atoms with Crippen LogP contribution in [0.1, 0.15) is 43.7 Å². The van der Waals surface area contributed by atoms with Crippen LogP contribution in [0.2, 0.25) is 0 Å². The fraction of sp³-hybridized carbons (Fsp3) is 0.528. The summed E-state index contributed by atoms with van der Waals surface area (Å²) in [6.45, 7) is 10.5. The minimum atomic E-state index is -0.711. The van der Waals surface area contributed by atoms with Crippen molar-refractivity contribution in [3.8, 4) is 0 Å². The minimum Gasteiger partial charge on any atom is -0.481 e. The van der Waals surface area contributed by atoms with Crippen molar-refractivity contribution in [3.63, 3.8) is 0 Å². The van der Waals surface area contributed by atoms with Gasteiger partial charge in [0.05, 0.1) is 25.4 Å². The Balaban J connectivity index is 0.000000178. The highest BCUT2D eigenvalue weighted by atomic mass is 32.1. The maximum absolute atomic E-state index is 9.60. The van der Waals surface area contributed by atoms with Crippen LogP contribution < -0.4 is 0 Å². The summed E-state index contributed by atoms with van der Waals surface area (Å²) in [6, 6.07) is 17.7. The topological polar surface area (TPSA) is 103 Å². The normalized spacial score (nSPS) is 15.5. The highest BCUT2D eigenvalue weighted by molar-refractivity contribution is 7.17. The second-order valence-electron chi connectivity index (χ2n) is 12.0. The molecular formula is C36H50N2O6S2. The Morgan fingerprint density at radius 2 is 1.20 bits per heavy atom. The number of ether oxygens (including phenoxy) is 2. The van der Waals surface area contributed by atoms with Crippen LogP contribution in [0.4, 0.5) is 0 Å². The molecule has 4 aromatic rings. The highest BCUT2D eigenvalue weighted by Crippen LogP contribution is 2.23. The summed E-state index contributed by atoms with van der Waals surface area (Å²) in [5.41, 5.74) is 2.70. The number of nitrogens with zero attached hydrogens (tertiary/aromatic N) is 2. The van der Waals surface area contributed by atoms with Gasteiger partial charge < -0.3 is 24.8 Å². The molecule has 0 aliphatic carbocycles. The molecule has 8 nitrogen and oxygen atoms in total. The first-order chi connectivity index (χ1) is 22.4. The lowest BCUT2D eigenvalue weighted by Crippen LogP contribution is -2.50. The number of carbonyl (C=O) groups is 1. The van der Waals surface area contributed by atoms with Gasteiger partial charge in [0.15, 0.2) is 0 Å². The van der Waals surface area contributed by atoms with Gasteiger partial charge in [-0.15, -0.1) is 22.7 Å². The van der Waals surface area contributed by atoms with Gasteiger partial charge in [0.1, 0.15) is 0 Å². The van der Waals surface area contributed by atoms with Crippen LogP contribution in [0.3, 0.4) is 0 Å². The molecule has 2 aliphatic rings. The Bertz CT molecular complexity index is 1330. The van der Waals surface area contributed by atoms with Crippen LogP contribution in [-0.4, -0.2) is 109 Å². The predicted molar refractivity (Wildman–Crippen MR) is 189 cm³/mol. The maximum atomic E-state index is 9.60. The van der Waals surface area contributed by atoms with Crippen LogP contribution >= 0.6 is 22.7 Å². The molecule has 0 bridgehead atoms. The number of β-amino-alcohol motifs (C(OH)–C–C–N with tert-alkyl or cyclic N) is 2. The fourth-order valence-corrected chi connectivity index (χ4v) is 6.91. The SMILES string of the molecule is CCCC(=O)O.OC1CN(CCCOCCc2ccc3sccc3c2)C1.OC1CN(CCCOCCc2ccc3sccc3c2)C1. The van der Waals surface area contributed by atoms with E-state index < -0.39 is 5.97 Å². The van der Waals surface area contributed by atoms with Gasteiger partial charge in [0.25, 0.3) is 0 Å². The van der Waals surface area contributed by atoms with E-state index in [1.54, 1.807) is 22.7 Å². The summed E-state index contributed by atoms with van der Waals surface area (Å²) in [4.78, 5) is 14.1. The molecule has 0 atom stereocenters. The van der Waals surface area contributed by atoms with E-state index in [0.717, 1.165) is 97.8 Å². The third-order valence-corrected chi connectivity index (χ3v) is 9.77. The Morgan fingerprint density at radius 1 is 0.739 bits per heavy atom. The number of fused-ring (bicyclic) bond motifs is 2. The van der Waals surface area contributed by atoms with E-state index in [-0.39, 0.29) is 12.2 Å². The van der Waals surface area contributed by atoms with E-state index in [2.05, 4.69) is 69.1 Å². The van der Waals surface area contributed by atoms with Crippen molar-refractivity contribution in [1.29, 1.82) is 0 Å². The summed E-state index contributed by atoms with van der Waals surface area (Å²) in [6.07, 6.45) is 4.90. The second-order valence-corrected chi connectivity index (χ2v) is 13.9. The van der Waals surface area contributed by atoms with Gasteiger partial charge in [-0.1, -0.05) is 31.2 Å². The summed E-state index contributed by atoms with van der Waals surface area (Å²) in [7, 11) is 0. The first kappa shape index (κ1) is 36.4. The lowest BCUT2D eigenvalue weighted by atomic mass is 10.1. The molecule has 46 heavy (non-hydrogen) atoms. The molecule has 2 aromatic heterocycles. The van der Waals surface area contributed by atoms with Crippen LogP contribution in [0.25, 0.3) is 20.2 Å². The van der Waals surface area contributed by atoms with E-state index in [1.165, 1.54) is 31.3 Å². The largest absolute Gasteiger partial charge is 0.481 e. The number of rotatable bonds is 16. The van der Waals surface area contributed by atoms with E-state index in [0.29, 0.717) is 6.42 Å². The zero-order valence-electron chi connectivity index (χ0n) is 27.0. The summed E-state index contributed by atoms with van der Waals surface area (Å²) >= 11 is 3.58. The van der Waals surface area contributed by atoms with Crippen molar-refractivity contribution in [1.82, 2.24) is 9.80 Å². The third-order valence-electron chi connectivity index (χ3n) is 7.97. The molecule has 0 radical (unpaired) electrons. The quantitative estimate of drug-likeness (QED) is 0.126. The number of aliphatic carboxylic acids is 1. The van der Waals surface area contributed by atoms with Gasteiger partial charge in [-0.2, -0.15) is 0 Å². The van der Waals surface area contributed by atoms with E-state index in [1.807, 2.05) is 6.92 Å². The third kappa shape index (κ3) is 13.0. The van der Waals surface area contributed by atoms with Gasteiger partial charge >= 0.3 is 5.97 Å². The number of hydrogen-bond acceptors (Lipinski definition) is 9. The lowest BCUT2D eigenvalue weighted by molar-refractivity contribution is -0.137. The van der Waals surface area contributed by atoms with Crippen molar-refractivity contribution >= 4 is 48.8 Å². The van der Waals surface area contributed by atoms with Crippen molar-refractivity contribution in [2.24, 2.45) is 0 Å². The van der Waals surface area contributed by atoms with Crippen LogP contribution in [-0.2, 0) is 27.1 Å². The summed E-state index contributed by atoms with van der Waals surface area (Å²) < 4.78 is 14.1. The highest BCUT2D eigenvalue weighted by Gasteiger charge is 2.23. The minimum absolute atomic E-state index is 0.0945. The smallest absolute Gasteiger partial charge is 0.303 e. The Morgan fingerprint density at radius 3 is 1.57 bits per heavy atom. The fourth-order valence-electron chi connectivity index (χ4n) is 5.37. The van der Waals surface area contributed by atoms with Gasteiger partial charge in [-0.3, -0.25) is 14.6 Å². The van der Waals surface area contributed by atoms with Gasteiger partial charge in [-0.25, -0.2) is 0 Å². The van der Waals surface area contributed by atoms with E-state index in [9.17, 15) is 15.0 Å². The molecule has 4 heterocycles. The standard InChI is InChI=1S/2C16H21NO2S.C4H8O2/c2*18-15-11-17(12-15)6-1-7-19-8-4-13-2-3-16-14(10-13)5-9-20-16;1-2-3-4(5)6/h2*2-3,5,9-10,15,18H,1,4,6-8,11-12H2;2-3H2,1H3,(H,5,6). The maximum Gasteiger partial charge on any atom is 0.303 e. The molecule has 2 aromatic carbocycles. The molecule has 0 unspecified atom stereocenters. The molecule has 0 spiro atoms. The molecule has 6 rings (SSSR count). The Labute approximate surface area is 281 Å². The molecule has 2 aliphatic heterocycles. The first-order valence-electron chi connectivity index (χ1n) is 16.5. The van der Waals surface area contributed by atoms with Crippen LogP contribution in [0.15, 0.2) is 59.3 Å². The molecule has 10 heteroatoms. The number of benzene rings is 2. The van der Waals surface area contributed by atoms with Crippen molar-refractivity contribution < 1.29 is 29.6 Å². The number of hydrogen-bond donors (Lipinski definition) is 3. The Kier molecular flexibility index (Phi) is 15.9. The summed E-state index contributed by atoms with van der Waals surface area (Å²) in [5.74, 6) is -0.711. The zero-order valence-corrected chi connectivity index (χ0v) is 28.7. The number of aliphatic hydroxyl groups excluding tert-OH is 2. The molecule has 3 N–H and O–H groups in total. The lowest BCUT2D eigenvalue weighted by Gasteiger charge is -2.35. The van der Waals surface area contributed by atoms with E-state index >= 15 is 0 Å². The molecule has 252 valence electrons. The van der Waals surface area contributed by atoms with Gasteiger partial charge in [-0.05, 0) is 89.0 Å². The second kappa shape index (κ2) is 20.1. The molecule has 2 saturated heterocycles. The number of aliphatic hydroxyl groups is 2. The summed E-state index contributed by atoms with van der Waals surface area (Å²) in [5, 5.41) is 33.2. The molecule has 2 fully saturated rings. The molecule has 0 saturated carbocycles. The molecule has 0 amide bonds. The first-order valence-corrected chi connectivity index (χ1v) is 18.3. The van der Waals surface area contributed by atoms with E-state index in [4.69, 9.17) is 14.6 Å². The molecular weight excluding hydrogens is 621 g/mol. The van der Waals surface area contributed by atoms with Crippen molar-refractivity contribution in [3.05, 3.63) is 70.4 Å². The van der Waals surface area contributed by atoms with Gasteiger partial charge in [0, 0.05) is 68.3 Å². The number of likely N-dealkylation sites (tertiary alicyclic amines) is 2.